The second-order valence-electron chi connectivity index (χ2n) is 8.63. The van der Waals surface area contributed by atoms with Crippen molar-refractivity contribution >= 4 is 23.6 Å². The Hall–Kier alpha value is -3.05. The van der Waals surface area contributed by atoms with Gasteiger partial charge in [-0.1, -0.05) is 85.3 Å². The van der Waals surface area contributed by atoms with Gasteiger partial charge in [0.1, 0.15) is 6.04 Å². The maximum atomic E-state index is 13.6. The van der Waals surface area contributed by atoms with E-state index >= 15 is 0 Å². The van der Waals surface area contributed by atoms with Crippen molar-refractivity contribution in [2.75, 3.05) is 5.75 Å². The molecule has 0 heterocycles. The van der Waals surface area contributed by atoms with Gasteiger partial charge in [-0.15, -0.1) is 11.8 Å². The summed E-state index contributed by atoms with van der Waals surface area (Å²) in [6, 6.07) is 27.4. The molecule has 2 atom stereocenters. The fraction of sp³-hybridized carbons (Fsp3) is 0.310. The SMILES string of the molecule is CC[C@@H](C)NC(=O)[C@H](Cc1ccccc1)N(Cc1ccccc1)C(=O)CSc1ccc(C)cc1. The molecule has 178 valence electrons. The van der Waals surface area contributed by atoms with Gasteiger partial charge in [0.05, 0.1) is 5.75 Å². The molecular weight excluding hydrogens is 440 g/mol. The molecule has 0 saturated heterocycles. The average molecular weight is 475 g/mol. The summed E-state index contributed by atoms with van der Waals surface area (Å²) in [6.07, 6.45) is 1.30. The third-order valence-corrected chi connectivity index (χ3v) is 6.85. The Bertz CT molecular complexity index is 1040. The summed E-state index contributed by atoms with van der Waals surface area (Å²) in [5, 5.41) is 3.11. The molecule has 34 heavy (non-hydrogen) atoms. The summed E-state index contributed by atoms with van der Waals surface area (Å²) >= 11 is 1.51. The third kappa shape index (κ3) is 7.77. The van der Waals surface area contributed by atoms with Crippen LogP contribution >= 0.6 is 11.8 Å². The van der Waals surface area contributed by atoms with Gasteiger partial charge in [0, 0.05) is 23.9 Å². The Kier molecular flexibility index (Phi) is 9.77. The van der Waals surface area contributed by atoms with Crippen molar-refractivity contribution in [3.05, 3.63) is 102 Å². The van der Waals surface area contributed by atoms with Gasteiger partial charge < -0.3 is 10.2 Å². The van der Waals surface area contributed by atoms with Gasteiger partial charge in [0.2, 0.25) is 11.8 Å². The van der Waals surface area contributed by atoms with Gasteiger partial charge in [-0.3, -0.25) is 9.59 Å². The second-order valence-corrected chi connectivity index (χ2v) is 9.68. The van der Waals surface area contributed by atoms with Gasteiger partial charge in [-0.25, -0.2) is 0 Å². The van der Waals surface area contributed by atoms with Crippen LogP contribution in [0.25, 0.3) is 0 Å². The van der Waals surface area contributed by atoms with E-state index in [0.717, 1.165) is 22.4 Å². The molecule has 0 aromatic heterocycles. The molecule has 0 spiro atoms. The number of hydrogen-bond donors (Lipinski definition) is 1. The van der Waals surface area contributed by atoms with E-state index in [1.165, 1.54) is 17.3 Å². The first-order chi connectivity index (χ1) is 16.5. The molecule has 0 bridgehead atoms. The summed E-state index contributed by atoms with van der Waals surface area (Å²) in [6.45, 7) is 6.47. The highest BCUT2D eigenvalue weighted by molar-refractivity contribution is 8.00. The summed E-state index contributed by atoms with van der Waals surface area (Å²) in [5.74, 6) is 0.120. The minimum Gasteiger partial charge on any atom is -0.352 e. The van der Waals surface area contributed by atoms with Crippen LogP contribution in [-0.4, -0.2) is 34.6 Å². The molecule has 3 aromatic carbocycles. The van der Waals surface area contributed by atoms with Crippen LogP contribution in [0.15, 0.2) is 89.8 Å². The molecule has 0 fully saturated rings. The van der Waals surface area contributed by atoms with Crippen molar-refractivity contribution in [1.29, 1.82) is 0 Å². The van der Waals surface area contributed by atoms with Crippen LogP contribution in [0.3, 0.4) is 0 Å². The molecular formula is C29H34N2O2S. The van der Waals surface area contributed by atoms with E-state index in [0.29, 0.717) is 13.0 Å². The maximum Gasteiger partial charge on any atom is 0.243 e. The van der Waals surface area contributed by atoms with Crippen LogP contribution in [0.4, 0.5) is 0 Å². The van der Waals surface area contributed by atoms with Crippen LogP contribution in [0, 0.1) is 6.92 Å². The number of thioether (sulfide) groups is 1. The zero-order valence-corrected chi connectivity index (χ0v) is 21.1. The van der Waals surface area contributed by atoms with Crippen LogP contribution < -0.4 is 5.32 Å². The van der Waals surface area contributed by atoms with E-state index in [2.05, 4.69) is 5.32 Å². The number of nitrogens with zero attached hydrogens (tertiary/aromatic N) is 1. The molecule has 2 amide bonds. The van der Waals surface area contributed by atoms with Crippen LogP contribution in [0.5, 0.6) is 0 Å². The lowest BCUT2D eigenvalue weighted by Gasteiger charge is -2.32. The number of aryl methyl sites for hydroxylation is 1. The normalized spacial score (nSPS) is 12.6. The first kappa shape index (κ1) is 25.6. The zero-order valence-electron chi connectivity index (χ0n) is 20.2. The molecule has 0 unspecified atom stereocenters. The standard InChI is InChI=1S/C29H34N2O2S/c1-4-23(3)30-29(33)27(19-24-11-7-5-8-12-24)31(20-25-13-9-6-10-14-25)28(32)21-34-26-17-15-22(2)16-18-26/h5-18,23,27H,4,19-21H2,1-3H3,(H,30,33)/t23-,27+/m1/s1. The highest BCUT2D eigenvalue weighted by Gasteiger charge is 2.30. The monoisotopic (exact) mass is 474 g/mol. The number of carbonyl (C=O) groups is 2. The van der Waals surface area contributed by atoms with Crippen molar-refractivity contribution < 1.29 is 9.59 Å². The van der Waals surface area contributed by atoms with Crippen LogP contribution in [-0.2, 0) is 22.6 Å². The molecule has 0 aliphatic heterocycles. The van der Waals surface area contributed by atoms with Gasteiger partial charge in [-0.05, 0) is 43.5 Å². The molecule has 0 aliphatic carbocycles. The quantitative estimate of drug-likeness (QED) is 0.366. The molecule has 4 nitrogen and oxygen atoms in total. The van der Waals surface area contributed by atoms with Gasteiger partial charge in [0.15, 0.2) is 0 Å². The second kappa shape index (κ2) is 13.0. The Balaban J connectivity index is 1.88. The number of benzene rings is 3. The molecule has 0 saturated carbocycles. The zero-order chi connectivity index (χ0) is 24.3. The number of rotatable bonds is 11. The number of carbonyl (C=O) groups excluding carboxylic acids is 2. The number of hydrogen-bond acceptors (Lipinski definition) is 3. The summed E-state index contributed by atoms with van der Waals surface area (Å²) in [5.41, 5.74) is 3.22. The van der Waals surface area contributed by atoms with E-state index in [1.807, 2.05) is 106 Å². The van der Waals surface area contributed by atoms with E-state index in [-0.39, 0.29) is 23.6 Å². The van der Waals surface area contributed by atoms with Gasteiger partial charge in [0.25, 0.3) is 0 Å². The summed E-state index contributed by atoms with van der Waals surface area (Å²) in [4.78, 5) is 29.9. The first-order valence-corrected chi connectivity index (χ1v) is 12.8. The fourth-order valence-electron chi connectivity index (χ4n) is 3.64. The predicted octanol–water partition coefficient (Wildman–Crippen LogP) is 5.64. The van der Waals surface area contributed by atoms with E-state index in [1.54, 1.807) is 4.90 Å². The Morgan fingerprint density at radius 3 is 2.06 bits per heavy atom. The fourth-order valence-corrected chi connectivity index (χ4v) is 4.42. The third-order valence-electron chi connectivity index (χ3n) is 5.85. The highest BCUT2D eigenvalue weighted by Crippen LogP contribution is 2.21. The average Bonchev–Trinajstić information content (AvgIpc) is 2.86. The van der Waals surface area contributed by atoms with Crippen molar-refractivity contribution in [2.45, 2.75) is 57.1 Å². The minimum absolute atomic E-state index is 0.0429. The topological polar surface area (TPSA) is 49.4 Å². The maximum absolute atomic E-state index is 13.6. The lowest BCUT2D eigenvalue weighted by molar-refractivity contribution is -0.139. The molecule has 0 aliphatic rings. The van der Waals surface area contributed by atoms with Gasteiger partial charge >= 0.3 is 0 Å². The molecule has 0 radical (unpaired) electrons. The Labute approximate surface area is 207 Å². The number of nitrogens with one attached hydrogen (secondary N) is 1. The smallest absolute Gasteiger partial charge is 0.243 e. The predicted molar refractivity (Wildman–Crippen MR) is 141 cm³/mol. The Morgan fingerprint density at radius 1 is 0.882 bits per heavy atom. The van der Waals surface area contributed by atoms with E-state index < -0.39 is 6.04 Å². The van der Waals surface area contributed by atoms with Crippen molar-refractivity contribution in [2.24, 2.45) is 0 Å². The highest BCUT2D eigenvalue weighted by atomic mass is 32.2. The summed E-state index contributed by atoms with van der Waals surface area (Å²) in [7, 11) is 0. The van der Waals surface area contributed by atoms with Crippen molar-refractivity contribution in [1.82, 2.24) is 10.2 Å². The van der Waals surface area contributed by atoms with Gasteiger partial charge in [-0.2, -0.15) is 0 Å². The van der Waals surface area contributed by atoms with E-state index in [4.69, 9.17) is 0 Å². The lowest BCUT2D eigenvalue weighted by Crippen LogP contribution is -2.52. The van der Waals surface area contributed by atoms with Crippen molar-refractivity contribution in [3.63, 3.8) is 0 Å². The largest absolute Gasteiger partial charge is 0.352 e. The minimum atomic E-state index is -0.595. The Morgan fingerprint density at radius 2 is 1.47 bits per heavy atom. The molecule has 3 aromatic rings. The van der Waals surface area contributed by atoms with Crippen molar-refractivity contribution in [3.8, 4) is 0 Å². The van der Waals surface area contributed by atoms with E-state index in [9.17, 15) is 9.59 Å². The molecule has 3 rings (SSSR count). The number of amides is 2. The molecule has 1 N–H and O–H groups in total. The first-order valence-electron chi connectivity index (χ1n) is 11.8. The summed E-state index contributed by atoms with van der Waals surface area (Å²) < 4.78 is 0. The van der Waals surface area contributed by atoms with Crippen LogP contribution in [0.2, 0.25) is 0 Å². The molecule has 5 heteroatoms. The lowest BCUT2D eigenvalue weighted by atomic mass is 10.0. The van der Waals surface area contributed by atoms with Crippen LogP contribution in [0.1, 0.15) is 37.0 Å².